The van der Waals surface area contributed by atoms with Crippen LogP contribution in [0.4, 0.5) is 11.4 Å². The van der Waals surface area contributed by atoms with Crippen molar-refractivity contribution in [3.8, 4) is 0 Å². The molecule has 5 aromatic carbocycles. The van der Waals surface area contributed by atoms with E-state index in [1.54, 1.807) is 0 Å². The van der Waals surface area contributed by atoms with Crippen molar-refractivity contribution < 1.29 is 9.90 Å². The monoisotopic (exact) mass is 946 g/mol. The summed E-state index contributed by atoms with van der Waals surface area (Å²) in [6.45, 7) is 29.6. The van der Waals surface area contributed by atoms with Gasteiger partial charge in [0.15, 0.2) is 0 Å². The Balaban J connectivity index is -0.000000103. The van der Waals surface area contributed by atoms with Crippen LogP contribution in [0.5, 0.6) is 0 Å². The number of aromatic nitrogens is 2. The Kier molecular flexibility index (Phi) is 60.4. The third-order valence-electron chi connectivity index (χ3n) is 6.58. The molecule has 9 heteroatoms. The fourth-order valence-corrected chi connectivity index (χ4v) is 3.38. The van der Waals surface area contributed by atoms with Crippen molar-refractivity contribution in [2.75, 3.05) is 11.5 Å². The Hall–Kier alpha value is -3.98. The van der Waals surface area contributed by atoms with Gasteiger partial charge in [0.1, 0.15) is 0 Å². The summed E-state index contributed by atoms with van der Waals surface area (Å²) in [5, 5.41) is 15.3. The number of H-pyrrole nitrogens is 1. The van der Waals surface area contributed by atoms with Crippen molar-refractivity contribution in [2.45, 2.75) is 119 Å². The average Bonchev–Trinajstić information content (AvgIpc) is 3.70. The summed E-state index contributed by atoms with van der Waals surface area (Å²) in [6.07, 6.45) is 1.81. The molecular formula is C49H80Cl2N4O2Sn. The number of halogens is 2. The summed E-state index contributed by atoms with van der Waals surface area (Å²) in [5.41, 5.74) is 21.6. The number of para-hydroxylation sites is 3. The topological polar surface area (TPSA) is 118 Å². The minimum atomic E-state index is -0.833. The first-order chi connectivity index (χ1) is 26.8. The zero-order valence-corrected chi connectivity index (χ0v) is 41.2. The second-order valence-electron chi connectivity index (χ2n) is 10.4. The second kappa shape index (κ2) is 51.0. The molecule has 6 nitrogen and oxygen atoms in total. The summed E-state index contributed by atoms with van der Waals surface area (Å²) in [7, 11) is 9.87. The number of hydrogen-bond acceptors (Lipinski definition) is 4. The first-order valence-corrected chi connectivity index (χ1v) is 26.3. The number of aliphatic carboxylic acids is 1. The number of carboxylic acids is 1. The molecule has 6 aromatic rings. The molecule has 0 aliphatic rings. The number of aryl methyl sites for hydroxylation is 6. The van der Waals surface area contributed by atoms with E-state index in [1.807, 2.05) is 148 Å². The number of aromatic amines is 1. The number of nitrogens with two attached hydrogens (primary N) is 2. The minimum absolute atomic E-state index is 0. The van der Waals surface area contributed by atoms with Crippen molar-refractivity contribution in [3.63, 3.8) is 0 Å². The van der Waals surface area contributed by atoms with E-state index in [4.69, 9.17) is 39.2 Å². The van der Waals surface area contributed by atoms with Crippen molar-refractivity contribution >= 4 is 65.0 Å². The molecule has 0 aliphatic carbocycles. The molecule has 1 aromatic heterocycles. The van der Waals surface area contributed by atoms with E-state index < -0.39 is 24.9 Å². The van der Waals surface area contributed by atoms with E-state index in [-0.39, 0.29) is 14.9 Å². The number of rotatable bonds is 0. The molecule has 0 amide bonds. The van der Waals surface area contributed by atoms with Gasteiger partial charge in [0, 0.05) is 23.7 Å². The van der Waals surface area contributed by atoms with Gasteiger partial charge in [-0.3, -0.25) is 9.89 Å². The van der Waals surface area contributed by atoms with Gasteiger partial charge in [-0.05, 0) is 93.1 Å². The van der Waals surface area contributed by atoms with E-state index in [2.05, 4.69) is 86.4 Å². The first kappa shape index (κ1) is 68.7. The molecular weight excluding hydrogens is 866 g/mol. The van der Waals surface area contributed by atoms with Gasteiger partial charge in [-0.25, -0.2) is 0 Å². The van der Waals surface area contributed by atoms with Crippen LogP contribution in [0.15, 0.2) is 128 Å². The standard InChI is InChI=1S/2C8H10.C7H6N2.2C7H9N.C2H4O2.4C2H6.2CH4.2ClH.Sn/c2*1-7-5-3-4-6-8(7)2;1-2-4-7-6(3-1)5-8-9-7;2*1-6-4-2-3-5-7(6)8;1-2(3)4;4*1-2;;;;;/h2*3-6H,1-2H3;1-5H,(H,8,9);2*2-5H,8H2,1H3;1H3,(H,3,4);4*1-2H3;2*1H4;2*1H;/q;;;;;;;;;;;;;;+2/p-2. The van der Waals surface area contributed by atoms with E-state index in [0.717, 1.165) is 40.3 Å². The van der Waals surface area contributed by atoms with E-state index >= 15 is 0 Å². The van der Waals surface area contributed by atoms with Crippen LogP contribution in [0.25, 0.3) is 10.9 Å². The van der Waals surface area contributed by atoms with Gasteiger partial charge in [-0.15, -0.1) is 0 Å². The van der Waals surface area contributed by atoms with Gasteiger partial charge in [-0.1, -0.05) is 173 Å². The molecule has 0 spiro atoms. The molecule has 6 N–H and O–H groups in total. The van der Waals surface area contributed by atoms with Gasteiger partial charge in [0.05, 0.1) is 11.7 Å². The predicted molar refractivity (Wildman–Crippen MR) is 269 cm³/mol. The summed E-state index contributed by atoms with van der Waals surface area (Å²) in [4.78, 5) is 9.00. The minimum Gasteiger partial charge on any atom is -0.278 e. The molecule has 58 heavy (non-hydrogen) atoms. The van der Waals surface area contributed by atoms with Crippen LogP contribution < -0.4 is 11.5 Å². The van der Waals surface area contributed by atoms with Crippen molar-refractivity contribution in [1.82, 2.24) is 10.2 Å². The molecule has 326 valence electrons. The largest absolute Gasteiger partial charge is 0.278 e. The van der Waals surface area contributed by atoms with Gasteiger partial charge in [0.2, 0.25) is 0 Å². The van der Waals surface area contributed by atoms with Crippen molar-refractivity contribution in [1.29, 1.82) is 0 Å². The number of carbonyl (C=O) groups is 1. The van der Waals surface area contributed by atoms with Crippen LogP contribution in [0.2, 0.25) is 0 Å². The fraction of sp³-hybridized carbons (Fsp3) is 0.347. The zero-order chi connectivity index (χ0) is 44.3. The summed E-state index contributed by atoms with van der Waals surface area (Å²) in [5.74, 6) is -0.833. The molecule has 0 fully saturated rings. The van der Waals surface area contributed by atoms with Crippen LogP contribution >= 0.6 is 17.8 Å². The number of nitrogen functional groups attached to an aromatic ring is 2. The number of anilines is 2. The van der Waals surface area contributed by atoms with Crippen LogP contribution in [0.3, 0.4) is 0 Å². The van der Waals surface area contributed by atoms with Crippen molar-refractivity contribution in [3.05, 3.63) is 161 Å². The number of benzene rings is 5. The Morgan fingerprint density at radius 3 is 0.948 bits per heavy atom. The maximum atomic E-state index is 9.00. The van der Waals surface area contributed by atoms with E-state index in [1.165, 1.54) is 22.3 Å². The average molecular weight is 947 g/mol. The van der Waals surface area contributed by atoms with Crippen molar-refractivity contribution in [2.24, 2.45) is 0 Å². The Morgan fingerprint density at radius 2 is 0.741 bits per heavy atom. The Bertz CT molecular complexity index is 1440. The van der Waals surface area contributed by atoms with Crippen LogP contribution in [-0.2, 0) is 4.79 Å². The third-order valence-corrected chi connectivity index (χ3v) is 6.58. The second-order valence-corrected chi connectivity index (χ2v) is 14.7. The van der Waals surface area contributed by atoms with Crippen LogP contribution in [0, 0.1) is 41.5 Å². The fourth-order valence-electron chi connectivity index (χ4n) is 3.38. The number of fused-ring (bicyclic) bond motifs is 1. The normalized spacial score (nSPS) is 7.81. The number of hydrogen-bond donors (Lipinski definition) is 4. The molecule has 0 saturated carbocycles. The Labute approximate surface area is 373 Å². The maximum absolute atomic E-state index is 9.00. The summed E-state index contributed by atoms with van der Waals surface area (Å²) in [6, 6.07) is 40.3. The third kappa shape index (κ3) is 41.6. The number of nitrogens with one attached hydrogen (secondary N) is 1. The quantitative estimate of drug-likeness (QED) is 0.0894. The van der Waals surface area contributed by atoms with E-state index in [0.29, 0.717) is 0 Å². The maximum Gasteiger partial charge on any atom is 0.0650 e. The van der Waals surface area contributed by atoms with E-state index in [9.17, 15) is 0 Å². The van der Waals surface area contributed by atoms with Crippen LogP contribution in [0.1, 0.15) is 111 Å². The predicted octanol–water partition coefficient (Wildman–Crippen LogP) is 15.8. The van der Waals surface area contributed by atoms with Crippen LogP contribution in [-0.4, -0.2) is 40.2 Å². The molecule has 0 unspecified atom stereocenters. The molecule has 6 rings (SSSR count). The van der Waals surface area contributed by atoms with Gasteiger partial charge < -0.3 is 16.6 Å². The van der Waals surface area contributed by atoms with Gasteiger partial charge in [0.25, 0.3) is 5.97 Å². The molecule has 0 atom stereocenters. The van der Waals surface area contributed by atoms with Gasteiger partial charge >= 0.3 is 36.7 Å². The zero-order valence-electron chi connectivity index (χ0n) is 36.8. The Morgan fingerprint density at radius 1 is 0.517 bits per heavy atom. The number of nitrogens with zero attached hydrogens (tertiary/aromatic N) is 1. The molecule has 1 heterocycles. The molecule has 0 saturated heterocycles. The first-order valence-electron chi connectivity index (χ1n) is 19.0. The smallest absolute Gasteiger partial charge is 0.0650 e. The SMILES string of the molecule is C.C.CC.CC.CC.CC.CC(=O)O.Cc1ccccc1C.Cc1ccccc1C.Cc1ccccc1N.Cc1ccccc1N.[Cl][Sn][Cl].c1ccc2[nH]ncc2c1. The summed E-state index contributed by atoms with van der Waals surface area (Å²) >= 11 is -0.826. The number of carboxylic acid groups (broad SMARTS) is 1. The summed E-state index contributed by atoms with van der Waals surface area (Å²) < 4.78 is 0. The van der Waals surface area contributed by atoms with Gasteiger partial charge in [-0.2, -0.15) is 5.10 Å². The molecule has 0 bridgehead atoms. The molecule has 2 radical (unpaired) electrons. The molecule has 0 aliphatic heterocycles.